The van der Waals surface area contributed by atoms with Crippen LogP contribution in [0.4, 0.5) is 4.39 Å². The fourth-order valence-corrected chi connectivity index (χ4v) is 3.82. The largest absolute Gasteiger partial charge is 0.392 e. The van der Waals surface area contributed by atoms with Crippen molar-refractivity contribution in [2.24, 2.45) is 5.73 Å². The monoisotopic (exact) mass is 331 g/mol. The predicted molar refractivity (Wildman–Crippen MR) is 83.0 cm³/mol. The van der Waals surface area contributed by atoms with Crippen molar-refractivity contribution in [3.8, 4) is 0 Å². The lowest BCUT2D eigenvalue weighted by molar-refractivity contribution is 0.233. The number of benzene rings is 1. The molecule has 0 atom stereocenters. The van der Waals surface area contributed by atoms with Crippen molar-refractivity contribution < 1.29 is 12.8 Å². The number of likely N-dealkylation sites (tertiary alicyclic amines) is 1. The van der Waals surface area contributed by atoms with Gasteiger partial charge in [0.2, 0.25) is 10.0 Å². The highest BCUT2D eigenvalue weighted by Crippen LogP contribution is 2.15. The molecule has 8 heteroatoms. The van der Waals surface area contributed by atoms with Gasteiger partial charge in [0.15, 0.2) is 0 Å². The Labute approximate surface area is 129 Å². The quantitative estimate of drug-likeness (QED) is 0.783. The number of rotatable bonds is 5. The van der Waals surface area contributed by atoms with Crippen LogP contribution in [0.3, 0.4) is 0 Å². The summed E-state index contributed by atoms with van der Waals surface area (Å²) in [5, 5.41) is 0. The molecule has 1 aliphatic heterocycles. The zero-order valence-electron chi connectivity index (χ0n) is 11.5. The predicted octanol–water partition coefficient (Wildman–Crippen LogP) is 0.854. The fraction of sp³-hybridized carbons (Fsp3) is 0.462. The van der Waals surface area contributed by atoms with Crippen LogP contribution in [0.25, 0.3) is 0 Å². The number of nitrogens with zero attached hydrogens (tertiary/aromatic N) is 1. The van der Waals surface area contributed by atoms with E-state index in [4.69, 9.17) is 18.0 Å². The summed E-state index contributed by atoms with van der Waals surface area (Å²) in [6.07, 6.45) is 1.39. The Morgan fingerprint density at radius 2 is 1.90 bits per heavy atom. The van der Waals surface area contributed by atoms with Crippen LogP contribution >= 0.6 is 12.2 Å². The minimum absolute atomic E-state index is 0.0782. The first-order chi connectivity index (χ1) is 9.87. The highest BCUT2D eigenvalue weighted by Gasteiger charge is 2.24. The van der Waals surface area contributed by atoms with E-state index in [0.717, 1.165) is 25.2 Å². The molecule has 1 fully saturated rings. The van der Waals surface area contributed by atoms with Crippen molar-refractivity contribution in [2.45, 2.75) is 23.8 Å². The van der Waals surface area contributed by atoms with E-state index in [-0.39, 0.29) is 10.9 Å². The van der Waals surface area contributed by atoms with Crippen LogP contribution < -0.4 is 10.5 Å². The molecule has 0 aromatic heterocycles. The van der Waals surface area contributed by atoms with Gasteiger partial charge in [-0.15, -0.1) is 0 Å². The number of nitrogens with one attached hydrogen (secondary N) is 1. The molecular weight excluding hydrogens is 313 g/mol. The minimum atomic E-state index is -3.60. The molecule has 0 spiro atoms. The Morgan fingerprint density at radius 1 is 1.33 bits per heavy atom. The molecule has 2 rings (SSSR count). The van der Waals surface area contributed by atoms with Gasteiger partial charge in [-0.2, -0.15) is 0 Å². The third-order valence-electron chi connectivity index (χ3n) is 3.41. The van der Waals surface area contributed by atoms with E-state index in [0.29, 0.717) is 24.4 Å². The number of hydrogen-bond acceptors (Lipinski definition) is 4. The zero-order chi connectivity index (χ0) is 15.5. The van der Waals surface area contributed by atoms with Crippen LogP contribution in [-0.4, -0.2) is 44.0 Å². The Hall–Kier alpha value is -1.09. The Morgan fingerprint density at radius 3 is 2.43 bits per heavy atom. The van der Waals surface area contributed by atoms with E-state index in [9.17, 15) is 12.8 Å². The fourth-order valence-electron chi connectivity index (χ4n) is 2.33. The topological polar surface area (TPSA) is 75.4 Å². The van der Waals surface area contributed by atoms with Crippen molar-refractivity contribution >= 4 is 27.2 Å². The molecular formula is C13H18FN3O2S2. The Bertz CT molecular complexity index is 596. The Balaban J connectivity index is 1.93. The summed E-state index contributed by atoms with van der Waals surface area (Å²) >= 11 is 4.86. The van der Waals surface area contributed by atoms with Crippen molar-refractivity contribution in [1.29, 1.82) is 0 Å². The van der Waals surface area contributed by atoms with Gasteiger partial charge in [-0.05, 0) is 37.1 Å². The lowest BCUT2D eigenvalue weighted by Gasteiger charge is -2.31. The summed E-state index contributed by atoms with van der Waals surface area (Å²) in [5.74, 6) is -0.458. The van der Waals surface area contributed by atoms with Crippen LogP contribution in [-0.2, 0) is 10.0 Å². The molecule has 1 heterocycles. The first kappa shape index (κ1) is 16.3. The number of hydrogen-bond donors (Lipinski definition) is 2. The van der Waals surface area contributed by atoms with Crippen LogP contribution in [0.5, 0.6) is 0 Å². The van der Waals surface area contributed by atoms with Crippen molar-refractivity contribution in [3.05, 3.63) is 30.1 Å². The molecule has 1 aliphatic rings. The maximum absolute atomic E-state index is 12.8. The van der Waals surface area contributed by atoms with Gasteiger partial charge in [-0.25, -0.2) is 17.5 Å². The van der Waals surface area contributed by atoms with E-state index < -0.39 is 15.8 Å². The number of sulfonamides is 1. The second kappa shape index (κ2) is 6.78. The molecule has 0 saturated carbocycles. The first-order valence-corrected chi connectivity index (χ1v) is 8.54. The van der Waals surface area contributed by atoms with Crippen LogP contribution in [0.15, 0.2) is 29.2 Å². The smallest absolute Gasteiger partial charge is 0.240 e. The molecule has 1 aromatic rings. The highest BCUT2D eigenvalue weighted by atomic mass is 32.2. The van der Waals surface area contributed by atoms with Crippen LogP contribution in [0.2, 0.25) is 0 Å². The number of halogens is 1. The summed E-state index contributed by atoms with van der Waals surface area (Å²) in [4.78, 5) is 2.63. The van der Waals surface area contributed by atoms with Crippen molar-refractivity contribution in [3.63, 3.8) is 0 Å². The summed E-state index contributed by atoms with van der Waals surface area (Å²) in [5.41, 5.74) is 5.50. The third kappa shape index (κ3) is 4.70. The lowest BCUT2D eigenvalue weighted by Crippen LogP contribution is -2.46. The maximum Gasteiger partial charge on any atom is 0.240 e. The van der Waals surface area contributed by atoms with Gasteiger partial charge in [0.25, 0.3) is 0 Å². The molecule has 0 unspecified atom stereocenters. The lowest BCUT2D eigenvalue weighted by atomic mass is 10.1. The molecule has 0 bridgehead atoms. The number of piperidine rings is 1. The summed E-state index contributed by atoms with van der Waals surface area (Å²) in [7, 11) is -3.60. The third-order valence-corrected chi connectivity index (χ3v) is 5.08. The average Bonchev–Trinajstić information content (AvgIpc) is 2.40. The van der Waals surface area contributed by atoms with Gasteiger partial charge in [0, 0.05) is 25.7 Å². The van der Waals surface area contributed by atoms with Gasteiger partial charge in [0.05, 0.1) is 9.88 Å². The SMILES string of the molecule is NC(=S)CN1CCC(NS(=O)(=O)c2ccc(F)cc2)CC1. The van der Waals surface area contributed by atoms with E-state index in [1.54, 1.807) is 0 Å². The average molecular weight is 331 g/mol. The van der Waals surface area contributed by atoms with Crippen LogP contribution in [0.1, 0.15) is 12.8 Å². The van der Waals surface area contributed by atoms with Gasteiger partial charge in [-0.1, -0.05) is 12.2 Å². The van der Waals surface area contributed by atoms with E-state index >= 15 is 0 Å². The molecule has 3 N–H and O–H groups in total. The van der Waals surface area contributed by atoms with Gasteiger partial charge >= 0.3 is 0 Å². The molecule has 1 aromatic carbocycles. The molecule has 116 valence electrons. The maximum atomic E-state index is 12.8. The highest BCUT2D eigenvalue weighted by molar-refractivity contribution is 7.89. The molecule has 0 aliphatic carbocycles. The number of nitrogens with two attached hydrogens (primary N) is 1. The summed E-state index contributed by atoms with van der Waals surface area (Å²) < 4.78 is 39.9. The first-order valence-electron chi connectivity index (χ1n) is 6.65. The second-order valence-electron chi connectivity index (χ2n) is 5.09. The van der Waals surface area contributed by atoms with Gasteiger partial charge in [-0.3, -0.25) is 4.90 Å². The van der Waals surface area contributed by atoms with Gasteiger partial charge in [0.1, 0.15) is 5.82 Å². The van der Waals surface area contributed by atoms with Gasteiger partial charge < -0.3 is 5.73 Å². The zero-order valence-corrected chi connectivity index (χ0v) is 13.1. The normalized spacial score (nSPS) is 17.8. The Kier molecular flexibility index (Phi) is 5.26. The number of thiocarbonyl (C=S) groups is 1. The molecule has 0 amide bonds. The van der Waals surface area contributed by atoms with E-state index in [2.05, 4.69) is 9.62 Å². The van der Waals surface area contributed by atoms with Crippen molar-refractivity contribution in [2.75, 3.05) is 19.6 Å². The summed E-state index contributed by atoms with van der Waals surface area (Å²) in [6.45, 7) is 2.05. The van der Waals surface area contributed by atoms with E-state index in [1.807, 2.05) is 0 Å². The second-order valence-corrected chi connectivity index (χ2v) is 7.33. The van der Waals surface area contributed by atoms with Crippen LogP contribution in [0, 0.1) is 5.82 Å². The van der Waals surface area contributed by atoms with Crippen molar-refractivity contribution in [1.82, 2.24) is 9.62 Å². The summed E-state index contributed by atoms with van der Waals surface area (Å²) in [6, 6.07) is 4.68. The molecule has 1 saturated heterocycles. The standard InChI is InChI=1S/C13H18FN3O2S2/c14-10-1-3-12(4-2-10)21(18,19)16-11-5-7-17(8-6-11)9-13(15)20/h1-4,11,16H,5-9H2,(H2,15,20). The molecule has 21 heavy (non-hydrogen) atoms. The molecule has 5 nitrogen and oxygen atoms in total. The minimum Gasteiger partial charge on any atom is -0.392 e. The van der Waals surface area contributed by atoms with E-state index in [1.165, 1.54) is 12.1 Å². The molecule has 0 radical (unpaired) electrons.